The summed E-state index contributed by atoms with van der Waals surface area (Å²) in [7, 11) is -3.51. The maximum atomic E-state index is 12.2. The van der Waals surface area contributed by atoms with Gasteiger partial charge in [-0.05, 0) is 42.0 Å². The third-order valence-corrected chi connectivity index (χ3v) is 5.34. The third-order valence-electron chi connectivity index (χ3n) is 3.01. The van der Waals surface area contributed by atoms with E-state index in [0.717, 1.165) is 5.75 Å². The van der Waals surface area contributed by atoms with Crippen LogP contribution in [0.25, 0.3) is 0 Å². The zero-order valence-corrected chi connectivity index (χ0v) is 13.8. The molecular formula is C14H23NO3S2. The fourth-order valence-corrected chi connectivity index (χ4v) is 3.71. The number of nitrogens with one attached hydrogen (secondary N) is 1. The molecule has 4 nitrogen and oxygen atoms in total. The molecule has 2 atom stereocenters. The number of thioether (sulfide) groups is 1. The van der Waals surface area contributed by atoms with Gasteiger partial charge in [-0.3, -0.25) is 0 Å². The molecule has 6 heteroatoms. The summed E-state index contributed by atoms with van der Waals surface area (Å²) in [6, 6.07) is 6.49. The van der Waals surface area contributed by atoms with E-state index in [1.807, 2.05) is 20.1 Å². The molecule has 1 rings (SSSR count). The van der Waals surface area contributed by atoms with Crippen molar-refractivity contribution in [3.8, 4) is 0 Å². The van der Waals surface area contributed by atoms with Crippen molar-refractivity contribution in [2.24, 2.45) is 5.92 Å². The minimum absolute atomic E-state index is 0.207. The van der Waals surface area contributed by atoms with Crippen LogP contribution in [0.2, 0.25) is 0 Å². The Balaban J connectivity index is 2.82. The van der Waals surface area contributed by atoms with E-state index in [1.165, 1.54) is 6.07 Å². The molecule has 0 saturated carbocycles. The van der Waals surface area contributed by atoms with E-state index in [0.29, 0.717) is 18.5 Å². The smallest absolute Gasteiger partial charge is 0.240 e. The predicted molar refractivity (Wildman–Crippen MR) is 84.4 cm³/mol. The highest BCUT2D eigenvalue weighted by molar-refractivity contribution is 7.98. The SMILES string of the molecule is CCC(O)c1cccc(S(=O)(=O)NCC(C)CSC)c1. The number of aliphatic hydroxyl groups is 1. The zero-order chi connectivity index (χ0) is 15.2. The average molecular weight is 317 g/mol. The van der Waals surface area contributed by atoms with Crippen LogP contribution in [0.15, 0.2) is 29.2 Å². The van der Waals surface area contributed by atoms with E-state index in [9.17, 15) is 13.5 Å². The normalized spacial score (nSPS) is 15.0. The second-order valence-corrected chi connectivity index (χ2v) is 7.59. The van der Waals surface area contributed by atoms with Crippen LogP contribution in [0, 0.1) is 5.92 Å². The summed E-state index contributed by atoms with van der Waals surface area (Å²) >= 11 is 1.70. The monoisotopic (exact) mass is 317 g/mol. The van der Waals surface area contributed by atoms with Crippen molar-refractivity contribution in [3.63, 3.8) is 0 Å². The van der Waals surface area contributed by atoms with Gasteiger partial charge < -0.3 is 5.11 Å². The Bertz CT molecular complexity index is 517. The van der Waals surface area contributed by atoms with E-state index >= 15 is 0 Å². The minimum Gasteiger partial charge on any atom is -0.388 e. The van der Waals surface area contributed by atoms with Gasteiger partial charge in [0.15, 0.2) is 0 Å². The van der Waals surface area contributed by atoms with Gasteiger partial charge in [-0.25, -0.2) is 13.1 Å². The largest absolute Gasteiger partial charge is 0.388 e. The lowest BCUT2D eigenvalue weighted by molar-refractivity contribution is 0.173. The van der Waals surface area contributed by atoms with Gasteiger partial charge in [-0.2, -0.15) is 11.8 Å². The molecule has 0 amide bonds. The first-order valence-corrected chi connectivity index (χ1v) is 9.55. The lowest BCUT2D eigenvalue weighted by atomic mass is 10.1. The highest BCUT2D eigenvalue weighted by Gasteiger charge is 2.16. The first-order valence-electron chi connectivity index (χ1n) is 6.67. The Kier molecular flexibility index (Phi) is 7.02. The quantitative estimate of drug-likeness (QED) is 0.773. The average Bonchev–Trinajstić information content (AvgIpc) is 2.45. The molecule has 0 saturated heterocycles. The van der Waals surface area contributed by atoms with Crippen molar-refractivity contribution in [2.45, 2.75) is 31.3 Å². The molecule has 0 bridgehead atoms. The Hall–Kier alpha value is -0.560. The fourth-order valence-electron chi connectivity index (χ4n) is 1.80. The predicted octanol–water partition coefficient (Wildman–Crippen LogP) is 2.41. The molecule has 2 N–H and O–H groups in total. The Morgan fingerprint density at radius 2 is 2.10 bits per heavy atom. The Morgan fingerprint density at radius 1 is 1.40 bits per heavy atom. The number of hydrogen-bond donors (Lipinski definition) is 2. The second kappa shape index (κ2) is 8.02. The molecule has 0 aliphatic rings. The van der Waals surface area contributed by atoms with Crippen molar-refractivity contribution in [2.75, 3.05) is 18.6 Å². The van der Waals surface area contributed by atoms with Crippen LogP contribution < -0.4 is 4.72 Å². The van der Waals surface area contributed by atoms with E-state index in [1.54, 1.807) is 30.0 Å². The summed E-state index contributed by atoms with van der Waals surface area (Å²) < 4.78 is 27.0. The molecule has 0 aliphatic heterocycles. The van der Waals surface area contributed by atoms with Gasteiger partial charge in [-0.1, -0.05) is 26.0 Å². The highest BCUT2D eigenvalue weighted by Crippen LogP contribution is 2.20. The van der Waals surface area contributed by atoms with Gasteiger partial charge in [0.2, 0.25) is 10.0 Å². The number of aliphatic hydroxyl groups excluding tert-OH is 1. The molecular weight excluding hydrogens is 294 g/mol. The van der Waals surface area contributed by atoms with E-state index in [2.05, 4.69) is 4.72 Å². The van der Waals surface area contributed by atoms with Gasteiger partial charge in [0.1, 0.15) is 0 Å². The third kappa shape index (κ3) is 5.09. The maximum absolute atomic E-state index is 12.2. The molecule has 0 aromatic heterocycles. The van der Waals surface area contributed by atoms with Gasteiger partial charge in [-0.15, -0.1) is 0 Å². The van der Waals surface area contributed by atoms with E-state index in [-0.39, 0.29) is 10.8 Å². The molecule has 0 spiro atoms. The zero-order valence-electron chi connectivity index (χ0n) is 12.2. The van der Waals surface area contributed by atoms with Gasteiger partial charge in [0.25, 0.3) is 0 Å². The standard InChI is InChI=1S/C14H23NO3S2/c1-4-14(16)12-6-5-7-13(8-12)20(17,18)15-9-11(2)10-19-3/h5-8,11,14-16H,4,9-10H2,1-3H3. The van der Waals surface area contributed by atoms with Crippen LogP contribution in [-0.2, 0) is 10.0 Å². The summed E-state index contributed by atoms with van der Waals surface area (Å²) in [5, 5.41) is 9.79. The maximum Gasteiger partial charge on any atom is 0.240 e. The minimum atomic E-state index is -3.51. The summed E-state index contributed by atoms with van der Waals surface area (Å²) in [6.45, 7) is 4.29. The molecule has 0 radical (unpaired) electrons. The van der Waals surface area contributed by atoms with Crippen molar-refractivity contribution >= 4 is 21.8 Å². The fraction of sp³-hybridized carbons (Fsp3) is 0.571. The summed E-state index contributed by atoms with van der Waals surface area (Å²) in [6.07, 6.45) is 1.93. The Labute approximate surface area is 126 Å². The van der Waals surface area contributed by atoms with Crippen molar-refractivity contribution in [1.29, 1.82) is 0 Å². The lowest BCUT2D eigenvalue weighted by Crippen LogP contribution is -2.29. The second-order valence-electron chi connectivity index (χ2n) is 4.91. The van der Waals surface area contributed by atoms with Crippen LogP contribution in [0.5, 0.6) is 0 Å². The van der Waals surface area contributed by atoms with Crippen molar-refractivity contribution < 1.29 is 13.5 Å². The summed E-state index contributed by atoms with van der Waals surface area (Å²) in [4.78, 5) is 0.207. The first-order chi connectivity index (χ1) is 9.40. The van der Waals surface area contributed by atoms with Gasteiger partial charge in [0, 0.05) is 6.54 Å². The van der Waals surface area contributed by atoms with Crippen molar-refractivity contribution in [3.05, 3.63) is 29.8 Å². The molecule has 0 heterocycles. The number of benzene rings is 1. The highest BCUT2D eigenvalue weighted by atomic mass is 32.2. The molecule has 0 fully saturated rings. The molecule has 1 aromatic rings. The van der Waals surface area contributed by atoms with Gasteiger partial charge >= 0.3 is 0 Å². The number of hydrogen-bond acceptors (Lipinski definition) is 4. The molecule has 2 unspecified atom stereocenters. The summed E-state index contributed by atoms with van der Waals surface area (Å²) in [5.74, 6) is 1.20. The first kappa shape index (κ1) is 17.5. The van der Waals surface area contributed by atoms with Crippen LogP contribution >= 0.6 is 11.8 Å². The van der Waals surface area contributed by atoms with Gasteiger partial charge in [0.05, 0.1) is 11.0 Å². The number of sulfonamides is 1. The van der Waals surface area contributed by atoms with Crippen LogP contribution in [0.4, 0.5) is 0 Å². The topological polar surface area (TPSA) is 66.4 Å². The van der Waals surface area contributed by atoms with E-state index < -0.39 is 16.1 Å². The molecule has 0 aliphatic carbocycles. The summed E-state index contributed by atoms with van der Waals surface area (Å²) in [5.41, 5.74) is 0.632. The molecule has 20 heavy (non-hydrogen) atoms. The molecule has 1 aromatic carbocycles. The van der Waals surface area contributed by atoms with Crippen LogP contribution in [-0.4, -0.2) is 32.1 Å². The molecule has 114 valence electrons. The number of rotatable bonds is 8. The lowest BCUT2D eigenvalue weighted by Gasteiger charge is -2.13. The van der Waals surface area contributed by atoms with Crippen molar-refractivity contribution in [1.82, 2.24) is 4.72 Å². The van der Waals surface area contributed by atoms with Crippen LogP contribution in [0.1, 0.15) is 31.9 Å². The van der Waals surface area contributed by atoms with E-state index in [4.69, 9.17) is 0 Å². The Morgan fingerprint density at radius 3 is 2.70 bits per heavy atom. The van der Waals surface area contributed by atoms with Crippen LogP contribution in [0.3, 0.4) is 0 Å².